The van der Waals surface area contributed by atoms with Crippen LogP contribution < -0.4 is 10.1 Å². The van der Waals surface area contributed by atoms with Gasteiger partial charge in [0.15, 0.2) is 9.84 Å². The second-order valence-electron chi connectivity index (χ2n) is 6.43. The van der Waals surface area contributed by atoms with Crippen molar-refractivity contribution in [3.63, 3.8) is 0 Å². The van der Waals surface area contributed by atoms with Gasteiger partial charge >= 0.3 is 0 Å². The number of ether oxygens (including phenoxy) is 1. The molecule has 3 rings (SSSR count). The molecule has 0 bridgehead atoms. The molecule has 1 N–H and O–H groups in total. The Kier molecular flexibility index (Phi) is 5.79. The molecule has 0 saturated carbocycles. The maximum Gasteiger partial charge on any atom is 0.269 e. The van der Waals surface area contributed by atoms with E-state index in [9.17, 15) is 18.5 Å². The van der Waals surface area contributed by atoms with E-state index in [2.05, 4.69) is 10.3 Å². The van der Waals surface area contributed by atoms with Gasteiger partial charge in [0.05, 0.1) is 9.82 Å². The summed E-state index contributed by atoms with van der Waals surface area (Å²) < 4.78 is 29.3. The van der Waals surface area contributed by atoms with Crippen molar-refractivity contribution in [3.05, 3.63) is 82.0 Å². The summed E-state index contributed by atoms with van der Waals surface area (Å²) in [4.78, 5) is 14.8. The van der Waals surface area contributed by atoms with Crippen molar-refractivity contribution in [3.8, 4) is 11.6 Å². The maximum atomic E-state index is 11.7. The van der Waals surface area contributed by atoms with Crippen molar-refractivity contribution in [1.29, 1.82) is 0 Å². The summed E-state index contributed by atoms with van der Waals surface area (Å²) in [6.07, 6.45) is 2.71. The lowest BCUT2D eigenvalue weighted by molar-refractivity contribution is -0.384. The Balaban J connectivity index is 1.79. The summed E-state index contributed by atoms with van der Waals surface area (Å²) in [5, 5.41) is 14.1. The zero-order valence-electron chi connectivity index (χ0n) is 15.8. The number of anilines is 1. The fourth-order valence-corrected chi connectivity index (χ4v) is 3.34. The van der Waals surface area contributed by atoms with Crippen LogP contribution in [-0.4, -0.2) is 24.6 Å². The second kappa shape index (κ2) is 8.27. The van der Waals surface area contributed by atoms with E-state index in [0.717, 1.165) is 23.1 Å². The molecule has 0 radical (unpaired) electrons. The highest BCUT2D eigenvalue weighted by Gasteiger charge is 2.12. The predicted octanol–water partition coefficient (Wildman–Crippen LogP) is 4.11. The third-order valence-corrected chi connectivity index (χ3v) is 5.30. The maximum absolute atomic E-state index is 11.7. The van der Waals surface area contributed by atoms with Crippen molar-refractivity contribution in [2.45, 2.75) is 18.4 Å². The van der Waals surface area contributed by atoms with E-state index in [0.29, 0.717) is 18.2 Å². The number of benzene rings is 2. The number of nitro groups is 1. The first-order chi connectivity index (χ1) is 13.7. The van der Waals surface area contributed by atoms with Crippen LogP contribution in [0.15, 0.2) is 65.7 Å². The normalized spacial score (nSPS) is 11.1. The molecule has 1 heterocycles. The van der Waals surface area contributed by atoms with Crippen LogP contribution in [0.4, 0.5) is 11.4 Å². The Morgan fingerprint density at radius 3 is 2.62 bits per heavy atom. The number of pyridine rings is 1. The first-order valence-electron chi connectivity index (χ1n) is 8.65. The lowest BCUT2D eigenvalue weighted by atomic mass is 10.1. The Bertz CT molecular complexity index is 1160. The van der Waals surface area contributed by atoms with Crippen LogP contribution in [0.1, 0.15) is 11.1 Å². The number of aromatic nitrogens is 1. The van der Waals surface area contributed by atoms with Gasteiger partial charge in [0.2, 0.25) is 5.88 Å². The molecule has 0 aliphatic carbocycles. The summed E-state index contributed by atoms with van der Waals surface area (Å²) in [6, 6.07) is 14.4. The fourth-order valence-electron chi connectivity index (χ4n) is 2.68. The minimum atomic E-state index is -3.35. The fraction of sp³-hybridized carbons (Fsp3) is 0.150. The molecule has 2 aromatic carbocycles. The lowest BCUT2D eigenvalue weighted by Crippen LogP contribution is -2.04. The van der Waals surface area contributed by atoms with E-state index in [-0.39, 0.29) is 10.6 Å². The minimum absolute atomic E-state index is 0.0317. The largest absolute Gasteiger partial charge is 0.439 e. The highest BCUT2D eigenvalue weighted by Crippen LogP contribution is 2.27. The summed E-state index contributed by atoms with van der Waals surface area (Å²) >= 11 is 0. The molecule has 0 fully saturated rings. The molecule has 29 heavy (non-hydrogen) atoms. The van der Waals surface area contributed by atoms with Crippen LogP contribution in [0.3, 0.4) is 0 Å². The standard InChI is InChI=1S/C20H19N3O5S/c1-14-11-16(23(24)25)8-9-19(14)22-13-15-5-4-10-21-20(15)28-17-6-3-7-18(12-17)29(2,26)27/h3-12,22H,13H2,1-2H3. The van der Waals surface area contributed by atoms with Crippen molar-refractivity contribution >= 4 is 21.2 Å². The molecule has 1 aromatic heterocycles. The number of non-ortho nitro benzene ring substituents is 1. The average molecular weight is 413 g/mol. The van der Waals surface area contributed by atoms with Crippen molar-refractivity contribution in [2.24, 2.45) is 0 Å². The van der Waals surface area contributed by atoms with Gasteiger partial charge in [0.1, 0.15) is 5.75 Å². The zero-order chi connectivity index (χ0) is 21.0. The van der Waals surface area contributed by atoms with E-state index in [1.165, 1.54) is 24.3 Å². The average Bonchev–Trinajstić information content (AvgIpc) is 2.67. The third-order valence-electron chi connectivity index (χ3n) is 4.19. The quantitative estimate of drug-likeness (QED) is 0.458. The van der Waals surface area contributed by atoms with Gasteiger partial charge in [-0.3, -0.25) is 10.1 Å². The number of nitro benzene ring substituents is 1. The van der Waals surface area contributed by atoms with Gasteiger partial charge in [-0.2, -0.15) is 0 Å². The number of hydrogen-bond acceptors (Lipinski definition) is 7. The molecular formula is C20H19N3O5S. The Morgan fingerprint density at radius 2 is 1.93 bits per heavy atom. The number of rotatable bonds is 7. The van der Waals surface area contributed by atoms with E-state index in [1.807, 2.05) is 6.07 Å². The molecule has 3 aromatic rings. The molecule has 0 saturated heterocycles. The molecule has 9 heteroatoms. The van der Waals surface area contributed by atoms with Crippen LogP contribution in [0.2, 0.25) is 0 Å². The van der Waals surface area contributed by atoms with Gasteiger partial charge in [-0.1, -0.05) is 12.1 Å². The smallest absolute Gasteiger partial charge is 0.269 e. The molecule has 8 nitrogen and oxygen atoms in total. The van der Waals surface area contributed by atoms with Gasteiger partial charge in [-0.05, 0) is 42.8 Å². The van der Waals surface area contributed by atoms with Crippen LogP contribution in [0, 0.1) is 17.0 Å². The molecule has 150 valence electrons. The molecule has 0 atom stereocenters. The first-order valence-corrected chi connectivity index (χ1v) is 10.5. The number of sulfone groups is 1. The predicted molar refractivity (Wildman–Crippen MR) is 109 cm³/mol. The van der Waals surface area contributed by atoms with Crippen molar-refractivity contribution < 1.29 is 18.1 Å². The van der Waals surface area contributed by atoms with Crippen LogP contribution in [-0.2, 0) is 16.4 Å². The summed E-state index contributed by atoms with van der Waals surface area (Å²) in [5.41, 5.74) is 2.27. The number of hydrogen-bond donors (Lipinski definition) is 1. The molecule has 0 unspecified atom stereocenters. The minimum Gasteiger partial charge on any atom is -0.439 e. The van der Waals surface area contributed by atoms with Crippen LogP contribution in [0.5, 0.6) is 11.6 Å². The monoisotopic (exact) mass is 413 g/mol. The molecule has 0 spiro atoms. The van der Waals surface area contributed by atoms with E-state index in [4.69, 9.17) is 4.74 Å². The first kappa shape index (κ1) is 20.3. The molecule has 0 amide bonds. The summed E-state index contributed by atoms with van der Waals surface area (Å²) in [5.74, 6) is 0.699. The van der Waals surface area contributed by atoms with E-state index < -0.39 is 14.8 Å². The Morgan fingerprint density at radius 1 is 1.14 bits per heavy atom. The zero-order valence-corrected chi connectivity index (χ0v) is 16.6. The Hall–Kier alpha value is -3.46. The van der Waals surface area contributed by atoms with Gasteiger partial charge in [0, 0.05) is 42.4 Å². The van der Waals surface area contributed by atoms with Crippen molar-refractivity contribution in [2.75, 3.05) is 11.6 Å². The van der Waals surface area contributed by atoms with E-state index >= 15 is 0 Å². The topological polar surface area (TPSA) is 111 Å². The molecular weight excluding hydrogens is 394 g/mol. The summed E-state index contributed by atoms with van der Waals surface area (Å²) in [7, 11) is -3.35. The third kappa shape index (κ3) is 5.08. The SMILES string of the molecule is Cc1cc([N+](=O)[O-])ccc1NCc1cccnc1Oc1cccc(S(C)(=O)=O)c1. The highest BCUT2D eigenvalue weighted by molar-refractivity contribution is 7.90. The van der Waals surface area contributed by atoms with Gasteiger partial charge in [-0.15, -0.1) is 0 Å². The van der Waals surface area contributed by atoms with Gasteiger partial charge < -0.3 is 10.1 Å². The molecule has 0 aliphatic rings. The lowest BCUT2D eigenvalue weighted by Gasteiger charge is -2.13. The highest BCUT2D eigenvalue weighted by atomic mass is 32.2. The van der Waals surface area contributed by atoms with E-state index in [1.54, 1.807) is 37.4 Å². The summed E-state index contributed by atoms with van der Waals surface area (Å²) in [6.45, 7) is 2.15. The Labute approximate surface area is 168 Å². The van der Waals surface area contributed by atoms with Crippen molar-refractivity contribution in [1.82, 2.24) is 4.98 Å². The number of nitrogens with one attached hydrogen (secondary N) is 1. The number of nitrogens with zero attached hydrogens (tertiary/aromatic N) is 2. The molecule has 0 aliphatic heterocycles. The van der Waals surface area contributed by atoms with Crippen LogP contribution in [0.25, 0.3) is 0 Å². The number of aryl methyl sites for hydroxylation is 1. The van der Waals surface area contributed by atoms with Crippen LogP contribution >= 0.6 is 0 Å². The van der Waals surface area contributed by atoms with Gasteiger partial charge in [-0.25, -0.2) is 13.4 Å². The van der Waals surface area contributed by atoms with Gasteiger partial charge in [0.25, 0.3) is 5.69 Å². The second-order valence-corrected chi connectivity index (χ2v) is 8.44.